The number of hydrogen-bond acceptors (Lipinski definition) is 3. The molecule has 5 heteroatoms. The summed E-state index contributed by atoms with van der Waals surface area (Å²) in [4.78, 5) is 11.4. The fraction of sp³-hybridized carbons (Fsp3) is 0.500. The van der Waals surface area contributed by atoms with Gasteiger partial charge in [0.2, 0.25) is 0 Å². The summed E-state index contributed by atoms with van der Waals surface area (Å²) in [6.07, 6.45) is 0. The van der Waals surface area contributed by atoms with Gasteiger partial charge in [-0.25, -0.2) is 0 Å². The van der Waals surface area contributed by atoms with E-state index in [0.717, 1.165) is 5.56 Å². The molecule has 0 amide bonds. The molecule has 0 bridgehead atoms. The highest BCUT2D eigenvalue weighted by atomic mass is 32.2. The van der Waals surface area contributed by atoms with Gasteiger partial charge in [-0.05, 0) is 26.3 Å². The van der Waals surface area contributed by atoms with E-state index in [2.05, 4.69) is 0 Å². The zero-order valence-electron chi connectivity index (χ0n) is 11.4. The van der Waals surface area contributed by atoms with Crippen LogP contribution >= 0.6 is 0 Å². The normalized spacial score (nSPS) is 25.7. The van der Waals surface area contributed by atoms with E-state index in [-0.39, 0.29) is 5.92 Å². The summed E-state index contributed by atoms with van der Waals surface area (Å²) in [5.41, 5.74) is 0.997. The maximum Gasteiger partial charge on any atom is 0.326 e. The Labute approximate surface area is 116 Å². The Balaban J connectivity index is 2.18. The molecule has 3 atom stereocenters. The van der Waals surface area contributed by atoms with Crippen LogP contribution < -0.4 is 0 Å². The highest BCUT2D eigenvalue weighted by molar-refractivity contribution is 7.90. The van der Waals surface area contributed by atoms with E-state index in [1.54, 1.807) is 4.31 Å². The molecular weight excluding hydrogens is 262 g/mol. The molecule has 1 heterocycles. The Morgan fingerprint density at radius 1 is 1.37 bits per heavy atom. The van der Waals surface area contributed by atoms with Crippen molar-refractivity contribution in [2.75, 3.05) is 6.54 Å². The van der Waals surface area contributed by atoms with Crippen molar-refractivity contribution in [2.45, 2.75) is 37.5 Å². The summed E-state index contributed by atoms with van der Waals surface area (Å²) in [5.74, 6) is -0.984. The molecule has 1 aliphatic rings. The smallest absolute Gasteiger partial charge is 0.326 e. The third-order valence-corrected chi connectivity index (χ3v) is 5.14. The van der Waals surface area contributed by atoms with E-state index in [4.69, 9.17) is 0 Å². The van der Waals surface area contributed by atoms with Gasteiger partial charge in [0, 0.05) is 17.3 Å². The van der Waals surface area contributed by atoms with Gasteiger partial charge in [0.05, 0.1) is 6.54 Å². The van der Waals surface area contributed by atoms with Gasteiger partial charge < -0.3 is 9.66 Å². The van der Waals surface area contributed by atoms with E-state index in [1.807, 2.05) is 51.1 Å². The quantitative estimate of drug-likeness (QED) is 0.861. The first-order chi connectivity index (χ1) is 8.82. The number of aliphatic carboxylic acids is 1. The number of carboxylic acid groups (broad SMARTS) is 1. The summed E-state index contributed by atoms with van der Waals surface area (Å²) in [5, 5.41) is 9.37. The van der Waals surface area contributed by atoms with Gasteiger partial charge in [-0.1, -0.05) is 30.3 Å². The Morgan fingerprint density at radius 3 is 2.42 bits per heavy atom. The van der Waals surface area contributed by atoms with Crippen molar-refractivity contribution in [3.05, 3.63) is 35.9 Å². The first-order valence-electron chi connectivity index (χ1n) is 6.29. The van der Waals surface area contributed by atoms with E-state index in [0.29, 0.717) is 6.54 Å². The number of nitrogens with zero attached hydrogens (tertiary/aromatic N) is 1. The SMILES string of the molecule is CC(C)(C)[S@+]([O-])N1C[C@H](c2ccccc2)[C@H]1C(=O)O. The van der Waals surface area contributed by atoms with Gasteiger partial charge in [-0.15, -0.1) is 4.31 Å². The zero-order valence-corrected chi connectivity index (χ0v) is 12.2. The predicted octanol–water partition coefficient (Wildman–Crippen LogP) is 2.00. The van der Waals surface area contributed by atoms with Crippen molar-refractivity contribution >= 4 is 17.3 Å². The molecule has 0 aliphatic carbocycles. The van der Waals surface area contributed by atoms with Crippen molar-refractivity contribution < 1.29 is 14.5 Å². The Bertz CT molecular complexity index is 458. The van der Waals surface area contributed by atoms with E-state index in [9.17, 15) is 14.5 Å². The summed E-state index contributed by atoms with van der Waals surface area (Å²) in [7, 11) is 0. The fourth-order valence-electron chi connectivity index (χ4n) is 2.28. The number of carboxylic acids is 1. The van der Waals surface area contributed by atoms with Gasteiger partial charge in [0.1, 0.15) is 4.75 Å². The third-order valence-electron chi connectivity index (χ3n) is 3.29. The van der Waals surface area contributed by atoms with Crippen molar-refractivity contribution in [3.63, 3.8) is 0 Å². The van der Waals surface area contributed by atoms with Crippen LogP contribution in [0.4, 0.5) is 0 Å². The monoisotopic (exact) mass is 281 g/mol. The topological polar surface area (TPSA) is 63.6 Å². The molecule has 1 N–H and O–H groups in total. The minimum absolute atomic E-state index is 0.0787. The van der Waals surface area contributed by atoms with E-state index < -0.39 is 28.1 Å². The summed E-state index contributed by atoms with van der Waals surface area (Å²) in [6, 6.07) is 8.87. The van der Waals surface area contributed by atoms with Crippen LogP contribution in [-0.2, 0) is 16.2 Å². The summed E-state index contributed by atoms with van der Waals surface area (Å²) >= 11 is -1.29. The Morgan fingerprint density at radius 2 is 1.95 bits per heavy atom. The van der Waals surface area contributed by atoms with Crippen LogP contribution in [0, 0.1) is 0 Å². The van der Waals surface area contributed by atoms with Gasteiger partial charge in [0.15, 0.2) is 6.04 Å². The second-order valence-electron chi connectivity index (χ2n) is 5.76. The third kappa shape index (κ3) is 2.78. The Kier molecular flexibility index (Phi) is 3.90. The fourth-order valence-corrected chi connectivity index (χ4v) is 3.72. The molecular formula is C14H19NO3S. The largest absolute Gasteiger partial charge is 0.597 e. The van der Waals surface area contributed by atoms with Crippen LogP contribution in [0.2, 0.25) is 0 Å². The lowest BCUT2D eigenvalue weighted by molar-refractivity contribution is -0.146. The highest BCUT2D eigenvalue weighted by Gasteiger charge is 2.53. The van der Waals surface area contributed by atoms with Crippen LogP contribution in [0.3, 0.4) is 0 Å². The molecule has 0 aromatic heterocycles. The lowest BCUT2D eigenvalue weighted by atomic mass is 9.85. The van der Waals surface area contributed by atoms with Crippen LogP contribution in [0.1, 0.15) is 32.3 Å². The molecule has 0 unspecified atom stereocenters. The molecule has 0 radical (unpaired) electrons. The summed E-state index contributed by atoms with van der Waals surface area (Å²) < 4.78 is 13.5. The van der Waals surface area contributed by atoms with E-state index in [1.165, 1.54) is 0 Å². The molecule has 1 aromatic carbocycles. The molecule has 1 aromatic rings. The molecule has 104 valence electrons. The molecule has 1 fully saturated rings. The molecule has 2 rings (SSSR count). The first kappa shape index (κ1) is 14.4. The van der Waals surface area contributed by atoms with Crippen molar-refractivity contribution in [1.82, 2.24) is 4.31 Å². The van der Waals surface area contributed by atoms with Crippen LogP contribution in [0.25, 0.3) is 0 Å². The number of hydrogen-bond donors (Lipinski definition) is 1. The highest BCUT2D eigenvalue weighted by Crippen LogP contribution is 2.39. The predicted molar refractivity (Wildman–Crippen MR) is 75.2 cm³/mol. The molecule has 0 spiro atoms. The molecule has 19 heavy (non-hydrogen) atoms. The standard InChI is InChI=1S/C14H19NO3S/c1-14(2,3)19(18)15-9-11(12(15)13(16)17)10-7-5-4-6-8-10/h4-8,11-12H,9H2,1-3H3,(H,16,17)/t11-,12+,19+/m1/s1. The van der Waals surface area contributed by atoms with Crippen molar-refractivity contribution in [1.29, 1.82) is 0 Å². The minimum atomic E-state index is -1.29. The molecule has 1 aliphatic heterocycles. The van der Waals surface area contributed by atoms with Gasteiger partial charge in [0.25, 0.3) is 0 Å². The van der Waals surface area contributed by atoms with Gasteiger partial charge in [-0.3, -0.25) is 4.79 Å². The van der Waals surface area contributed by atoms with Gasteiger partial charge >= 0.3 is 5.97 Å². The molecule has 0 saturated carbocycles. The van der Waals surface area contributed by atoms with Crippen LogP contribution in [0.5, 0.6) is 0 Å². The second kappa shape index (κ2) is 5.15. The first-order valence-corrected chi connectivity index (χ1v) is 7.39. The van der Waals surface area contributed by atoms with Crippen molar-refractivity contribution in [2.24, 2.45) is 0 Å². The summed E-state index contributed by atoms with van der Waals surface area (Å²) in [6.45, 7) is 6.11. The maximum atomic E-state index is 12.3. The lowest BCUT2D eigenvalue weighted by Crippen LogP contribution is -2.63. The maximum absolute atomic E-state index is 12.3. The molecule has 1 saturated heterocycles. The Hall–Kier alpha value is -1.04. The van der Waals surface area contributed by atoms with E-state index >= 15 is 0 Å². The number of carbonyl (C=O) groups is 1. The number of rotatable bonds is 3. The number of benzene rings is 1. The van der Waals surface area contributed by atoms with Gasteiger partial charge in [-0.2, -0.15) is 0 Å². The van der Waals surface area contributed by atoms with Crippen molar-refractivity contribution in [3.8, 4) is 0 Å². The minimum Gasteiger partial charge on any atom is -0.597 e. The average molecular weight is 281 g/mol. The second-order valence-corrected chi connectivity index (χ2v) is 7.95. The average Bonchev–Trinajstić information content (AvgIpc) is 2.27. The zero-order chi connectivity index (χ0) is 14.2. The van der Waals surface area contributed by atoms with Crippen LogP contribution in [0.15, 0.2) is 30.3 Å². The van der Waals surface area contributed by atoms with Crippen LogP contribution in [-0.4, -0.2) is 37.3 Å². The lowest BCUT2D eigenvalue weighted by Gasteiger charge is -2.47. The molecule has 4 nitrogen and oxygen atoms in total.